The molecule has 0 atom stereocenters. The van der Waals surface area contributed by atoms with E-state index in [1.165, 1.54) is 24.0 Å². The largest absolute Gasteiger partial charge is 0.416 e. The van der Waals surface area contributed by atoms with Crippen LogP contribution in [0, 0.1) is 0 Å². The Labute approximate surface area is 155 Å². The average Bonchev–Trinajstić information content (AvgIpc) is 2.64. The van der Waals surface area contributed by atoms with Crippen LogP contribution in [0.3, 0.4) is 0 Å². The van der Waals surface area contributed by atoms with E-state index in [0.29, 0.717) is 13.0 Å². The molecule has 2 amide bonds. The Kier molecular flexibility index (Phi) is 6.55. The van der Waals surface area contributed by atoms with Crippen molar-refractivity contribution in [2.75, 3.05) is 25.0 Å². The normalized spacial score (nSPS) is 11.1. The van der Waals surface area contributed by atoms with E-state index in [1.807, 2.05) is 12.1 Å². The molecule has 144 valence electrons. The number of amides is 2. The van der Waals surface area contributed by atoms with Crippen molar-refractivity contribution in [3.8, 4) is 0 Å². The molecule has 0 aliphatic carbocycles. The second-order valence-electron chi connectivity index (χ2n) is 6.07. The highest BCUT2D eigenvalue weighted by atomic mass is 19.4. The lowest BCUT2D eigenvalue weighted by Crippen LogP contribution is -2.41. The lowest BCUT2D eigenvalue weighted by molar-refractivity contribution is -0.137. The number of alkyl halides is 3. The molecular formula is C19H20F3N3O2. The zero-order chi connectivity index (χ0) is 20.0. The van der Waals surface area contributed by atoms with Crippen LogP contribution < -0.4 is 4.90 Å². The Morgan fingerprint density at radius 3 is 2.15 bits per heavy atom. The Hall–Kier alpha value is -2.90. The van der Waals surface area contributed by atoms with Crippen LogP contribution in [0.1, 0.15) is 18.1 Å². The van der Waals surface area contributed by atoms with Crippen LogP contribution >= 0.6 is 0 Å². The number of aromatic nitrogens is 1. The molecule has 2 rings (SSSR count). The molecule has 27 heavy (non-hydrogen) atoms. The average molecular weight is 379 g/mol. The fourth-order valence-corrected chi connectivity index (χ4v) is 2.44. The minimum Gasteiger partial charge on any atom is -0.344 e. The summed E-state index contributed by atoms with van der Waals surface area (Å²) < 4.78 is 38.0. The number of hydrogen-bond donors (Lipinski definition) is 0. The number of benzene rings is 1. The summed E-state index contributed by atoms with van der Waals surface area (Å²) >= 11 is 0. The Morgan fingerprint density at radius 2 is 1.63 bits per heavy atom. The third-order valence-corrected chi connectivity index (χ3v) is 4.09. The number of anilines is 1. The van der Waals surface area contributed by atoms with Gasteiger partial charge in [0.05, 0.1) is 5.56 Å². The van der Waals surface area contributed by atoms with E-state index in [0.717, 1.165) is 22.6 Å². The van der Waals surface area contributed by atoms with Crippen molar-refractivity contribution in [1.82, 2.24) is 9.88 Å². The van der Waals surface area contributed by atoms with Crippen molar-refractivity contribution in [3.05, 3.63) is 59.9 Å². The molecule has 0 saturated carbocycles. The Morgan fingerprint density at radius 1 is 1.04 bits per heavy atom. The summed E-state index contributed by atoms with van der Waals surface area (Å²) in [5, 5.41) is 0. The van der Waals surface area contributed by atoms with Gasteiger partial charge in [-0.1, -0.05) is 0 Å². The second-order valence-corrected chi connectivity index (χ2v) is 6.07. The quantitative estimate of drug-likeness (QED) is 0.775. The second kappa shape index (κ2) is 8.66. The SMILES string of the molecule is CC(=O)N(CC(=O)N(C)CCc1ccncc1)c1ccc(C(F)(F)F)cc1. The highest BCUT2D eigenvalue weighted by Crippen LogP contribution is 2.30. The first-order valence-electron chi connectivity index (χ1n) is 8.26. The summed E-state index contributed by atoms with van der Waals surface area (Å²) in [6.45, 7) is 1.47. The van der Waals surface area contributed by atoms with Crippen molar-refractivity contribution in [1.29, 1.82) is 0 Å². The summed E-state index contributed by atoms with van der Waals surface area (Å²) in [5.74, 6) is -0.732. The molecule has 1 aromatic carbocycles. The van der Waals surface area contributed by atoms with Gasteiger partial charge in [-0.2, -0.15) is 13.2 Å². The van der Waals surface area contributed by atoms with E-state index in [4.69, 9.17) is 0 Å². The maximum atomic E-state index is 12.7. The van der Waals surface area contributed by atoms with Gasteiger partial charge in [-0.25, -0.2) is 0 Å². The number of likely N-dealkylation sites (N-methyl/N-ethyl adjacent to an activating group) is 1. The van der Waals surface area contributed by atoms with Crippen LogP contribution in [0.2, 0.25) is 0 Å². The first kappa shape index (κ1) is 20.4. The van der Waals surface area contributed by atoms with Gasteiger partial charge >= 0.3 is 6.18 Å². The summed E-state index contributed by atoms with van der Waals surface area (Å²) in [6.07, 6.45) is -0.494. The number of halogens is 3. The van der Waals surface area contributed by atoms with Gasteiger partial charge in [-0.15, -0.1) is 0 Å². The number of pyridine rings is 1. The molecule has 0 bridgehead atoms. The van der Waals surface area contributed by atoms with Gasteiger partial charge in [-0.05, 0) is 48.4 Å². The number of carbonyl (C=O) groups excluding carboxylic acids is 2. The third kappa shape index (κ3) is 5.80. The maximum Gasteiger partial charge on any atom is 0.416 e. The van der Waals surface area contributed by atoms with Gasteiger partial charge < -0.3 is 9.80 Å². The van der Waals surface area contributed by atoms with Crippen molar-refractivity contribution < 1.29 is 22.8 Å². The molecule has 0 fully saturated rings. The predicted molar refractivity (Wildman–Crippen MR) is 95.0 cm³/mol. The van der Waals surface area contributed by atoms with Crippen LogP contribution in [-0.2, 0) is 22.2 Å². The van der Waals surface area contributed by atoms with Crippen molar-refractivity contribution >= 4 is 17.5 Å². The van der Waals surface area contributed by atoms with Gasteiger partial charge in [0.1, 0.15) is 6.54 Å². The number of rotatable bonds is 6. The highest BCUT2D eigenvalue weighted by Gasteiger charge is 2.30. The van der Waals surface area contributed by atoms with Crippen molar-refractivity contribution in [3.63, 3.8) is 0 Å². The molecule has 0 unspecified atom stereocenters. The van der Waals surface area contributed by atoms with Gasteiger partial charge in [-0.3, -0.25) is 14.6 Å². The monoisotopic (exact) mass is 379 g/mol. The van der Waals surface area contributed by atoms with E-state index < -0.39 is 17.6 Å². The zero-order valence-corrected chi connectivity index (χ0v) is 15.0. The van der Waals surface area contributed by atoms with E-state index in [2.05, 4.69) is 4.98 Å². The summed E-state index contributed by atoms with van der Waals surface area (Å²) in [7, 11) is 1.62. The van der Waals surface area contributed by atoms with E-state index >= 15 is 0 Å². The number of carbonyl (C=O) groups is 2. The first-order chi connectivity index (χ1) is 12.7. The summed E-state index contributed by atoms with van der Waals surface area (Å²) in [5.41, 5.74) is 0.456. The van der Waals surface area contributed by atoms with E-state index in [-0.39, 0.29) is 18.1 Å². The molecule has 2 aromatic rings. The standard InChI is InChI=1S/C19H20F3N3O2/c1-14(26)25(17-5-3-16(4-6-17)19(20,21)22)13-18(27)24(2)12-9-15-7-10-23-11-8-15/h3-8,10-11H,9,12-13H2,1-2H3. The zero-order valence-electron chi connectivity index (χ0n) is 15.0. The van der Waals surface area contributed by atoms with Crippen LogP contribution in [0.5, 0.6) is 0 Å². The molecule has 5 nitrogen and oxygen atoms in total. The fourth-order valence-electron chi connectivity index (χ4n) is 2.44. The summed E-state index contributed by atoms with van der Waals surface area (Å²) in [4.78, 5) is 30.9. The fraction of sp³-hybridized carbons (Fsp3) is 0.316. The lowest BCUT2D eigenvalue weighted by atomic mass is 10.2. The first-order valence-corrected chi connectivity index (χ1v) is 8.26. The predicted octanol–water partition coefficient (Wildman–Crippen LogP) is 3.15. The topological polar surface area (TPSA) is 53.5 Å². The number of hydrogen-bond acceptors (Lipinski definition) is 3. The lowest BCUT2D eigenvalue weighted by Gasteiger charge is -2.25. The maximum absolute atomic E-state index is 12.7. The molecule has 0 aliphatic rings. The molecule has 1 heterocycles. The molecule has 0 N–H and O–H groups in total. The molecule has 0 aliphatic heterocycles. The molecular weight excluding hydrogens is 359 g/mol. The molecule has 0 saturated heterocycles. The van der Waals surface area contributed by atoms with Crippen molar-refractivity contribution in [2.45, 2.75) is 19.5 Å². The van der Waals surface area contributed by atoms with Gasteiger partial charge in [0.15, 0.2) is 0 Å². The van der Waals surface area contributed by atoms with Crippen LogP contribution in [0.4, 0.5) is 18.9 Å². The molecule has 8 heteroatoms. The smallest absolute Gasteiger partial charge is 0.344 e. The molecule has 0 spiro atoms. The van der Waals surface area contributed by atoms with E-state index in [1.54, 1.807) is 19.4 Å². The Bertz CT molecular complexity index is 777. The minimum absolute atomic E-state index is 0.242. The molecule has 1 aromatic heterocycles. The Balaban J connectivity index is 2.02. The van der Waals surface area contributed by atoms with Gasteiger partial charge in [0, 0.05) is 38.6 Å². The van der Waals surface area contributed by atoms with E-state index in [9.17, 15) is 22.8 Å². The number of nitrogens with zero attached hydrogens (tertiary/aromatic N) is 3. The van der Waals surface area contributed by atoms with Crippen LogP contribution in [-0.4, -0.2) is 41.8 Å². The highest BCUT2D eigenvalue weighted by molar-refractivity contribution is 5.97. The third-order valence-electron chi connectivity index (χ3n) is 4.09. The molecule has 0 radical (unpaired) electrons. The van der Waals surface area contributed by atoms with Crippen LogP contribution in [0.25, 0.3) is 0 Å². The van der Waals surface area contributed by atoms with Crippen molar-refractivity contribution in [2.24, 2.45) is 0 Å². The van der Waals surface area contributed by atoms with Gasteiger partial charge in [0.25, 0.3) is 0 Å². The minimum atomic E-state index is -4.46. The van der Waals surface area contributed by atoms with Crippen LogP contribution in [0.15, 0.2) is 48.8 Å². The summed E-state index contributed by atoms with van der Waals surface area (Å²) in [6, 6.07) is 7.86. The van der Waals surface area contributed by atoms with Gasteiger partial charge in [0.2, 0.25) is 11.8 Å².